The average Bonchev–Trinajstić information content (AvgIpc) is 1.84. The van der Waals surface area contributed by atoms with Crippen molar-refractivity contribution < 1.29 is 19.8 Å². The van der Waals surface area contributed by atoms with E-state index < -0.39 is 17.9 Å². The van der Waals surface area contributed by atoms with E-state index in [0.717, 1.165) is 0 Å². The Morgan fingerprint density at radius 1 is 1.36 bits per heavy atom. The maximum atomic E-state index is 10.1. The summed E-state index contributed by atoms with van der Waals surface area (Å²) in [4.78, 5) is 20.2. The van der Waals surface area contributed by atoms with Gasteiger partial charge in [-0.2, -0.15) is 0 Å². The molecule has 0 aromatic rings. The minimum atomic E-state index is -1.27. The Hall–Kier alpha value is -0.0603. The number of aliphatic carboxylic acids is 2. The van der Waals surface area contributed by atoms with Gasteiger partial charge in [0, 0.05) is 5.57 Å². The van der Waals surface area contributed by atoms with Crippen molar-refractivity contribution in [3.05, 3.63) is 12.2 Å². The van der Waals surface area contributed by atoms with Crippen LogP contribution in [0.2, 0.25) is 0 Å². The van der Waals surface area contributed by atoms with Gasteiger partial charge in [0.15, 0.2) is 0 Å². The van der Waals surface area contributed by atoms with E-state index in [1.54, 1.807) is 0 Å². The summed E-state index contributed by atoms with van der Waals surface area (Å²) in [6.07, 6.45) is 0. The molecule has 0 aromatic carbocycles. The Balaban J connectivity index is 0. The summed E-state index contributed by atoms with van der Waals surface area (Å²) in [5, 5.41) is 16.5. The molecule has 0 heterocycles. The Kier molecular flexibility index (Phi) is 6.85. The van der Waals surface area contributed by atoms with E-state index in [1.165, 1.54) is 6.92 Å². The third kappa shape index (κ3) is 4.40. The van der Waals surface area contributed by atoms with Crippen molar-refractivity contribution in [3.63, 3.8) is 0 Å². The summed E-state index contributed by atoms with van der Waals surface area (Å²) < 4.78 is 0. The van der Waals surface area contributed by atoms with Gasteiger partial charge in [0.05, 0.1) is 5.92 Å². The summed E-state index contributed by atoms with van der Waals surface area (Å²) in [6, 6.07) is 0. The molecule has 0 saturated carbocycles. The van der Waals surface area contributed by atoms with Crippen molar-refractivity contribution >= 4 is 49.7 Å². The van der Waals surface area contributed by atoms with Gasteiger partial charge >= 0.3 is 49.7 Å². The Morgan fingerprint density at radius 2 is 1.73 bits per heavy atom. The van der Waals surface area contributed by atoms with Crippen LogP contribution >= 0.6 is 0 Å². The molecule has 60 valence electrons. The quantitative estimate of drug-likeness (QED) is 0.457. The topological polar surface area (TPSA) is 74.6 Å². The van der Waals surface area contributed by atoms with Gasteiger partial charge in [-0.05, 0) is 6.92 Å². The minimum absolute atomic E-state index is 0. The first-order valence-electron chi connectivity index (χ1n) is 2.61. The van der Waals surface area contributed by atoms with E-state index in [1.807, 2.05) is 0 Å². The molecule has 0 radical (unpaired) electrons. The second-order valence-electron chi connectivity index (χ2n) is 1.89. The number of carboxylic acid groups (broad SMARTS) is 2. The number of hydrogen-bond donors (Lipinski definition) is 2. The van der Waals surface area contributed by atoms with Crippen LogP contribution in [0.3, 0.4) is 0 Å². The first kappa shape index (κ1) is 13.5. The zero-order valence-corrected chi connectivity index (χ0v) is 5.50. The van der Waals surface area contributed by atoms with E-state index in [9.17, 15) is 9.59 Å². The number of rotatable bonds is 3. The van der Waals surface area contributed by atoms with Crippen molar-refractivity contribution in [2.45, 2.75) is 6.92 Å². The standard InChI is InChI=1S/C6H8O4.Ca.2H/c1-3(5(7)8)4(2)6(9)10;;;/h4H,1H2,2H3,(H,7,8)(H,9,10);;;. The molecule has 1 atom stereocenters. The van der Waals surface area contributed by atoms with Crippen molar-refractivity contribution in [1.82, 2.24) is 0 Å². The van der Waals surface area contributed by atoms with Gasteiger partial charge in [0.25, 0.3) is 0 Å². The summed E-state index contributed by atoms with van der Waals surface area (Å²) in [5.41, 5.74) is -0.299. The van der Waals surface area contributed by atoms with Gasteiger partial charge in [-0.15, -0.1) is 0 Å². The molecular formula is C6H10CaO4. The molecule has 0 fully saturated rings. The van der Waals surface area contributed by atoms with Crippen molar-refractivity contribution in [2.24, 2.45) is 5.92 Å². The molecule has 0 aromatic heterocycles. The fourth-order valence-electron chi connectivity index (χ4n) is 0.334. The van der Waals surface area contributed by atoms with Crippen molar-refractivity contribution in [2.75, 3.05) is 0 Å². The molecular weight excluding hydrogens is 176 g/mol. The summed E-state index contributed by atoms with van der Waals surface area (Å²) >= 11 is 0. The van der Waals surface area contributed by atoms with E-state index in [0.29, 0.717) is 0 Å². The van der Waals surface area contributed by atoms with Crippen LogP contribution in [-0.4, -0.2) is 59.9 Å². The third-order valence-corrected chi connectivity index (χ3v) is 1.17. The molecule has 0 saturated heterocycles. The first-order chi connectivity index (χ1) is 4.46. The molecule has 0 aliphatic rings. The number of carboxylic acids is 2. The molecule has 0 aliphatic heterocycles. The average molecular weight is 186 g/mol. The molecule has 2 N–H and O–H groups in total. The molecule has 0 aliphatic carbocycles. The zero-order valence-electron chi connectivity index (χ0n) is 5.50. The molecule has 1 unspecified atom stereocenters. The second-order valence-corrected chi connectivity index (χ2v) is 1.89. The number of carbonyl (C=O) groups is 2. The normalized spacial score (nSPS) is 11.0. The van der Waals surface area contributed by atoms with Gasteiger partial charge in [0.1, 0.15) is 0 Å². The van der Waals surface area contributed by atoms with E-state index in [2.05, 4.69) is 6.58 Å². The van der Waals surface area contributed by atoms with Gasteiger partial charge < -0.3 is 10.2 Å². The van der Waals surface area contributed by atoms with Gasteiger partial charge in [-0.25, -0.2) is 4.79 Å². The number of hydrogen-bond acceptors (Lipinski definition) is 2. The van der Waals surface area contributed by atoms with Crippen LogP contribution < -0.4 is 0 Å². The fraction of sp³-hybridized carbons (Fsp3) is 0.333. The van der Waals surface area contributed by atoms with Crippen molar-refractivity contribution in [1.29, 1.82) is 0 Å². The van der Waals surface area contributed by atoms with Crippen LogP contribution in [0.5, 0.6) is 0 Å². The van der Waals surface area contributed by atoms with E-state index >= 15 is 0 Å². The molecule has 0 rings (SSSR count). The Bertz CT molecular complexity index is 187. The maximum absolute atomic E-state index is 10.1. The molecule has 5 heteroatoms. The van der Waals surface area contributed by atoms with Crippen LogP contribution in [0.1, 0.15) is 6.92 Å². The Morgan fingerprint density at radius 3 is 1.82 bits per heavy atom. The van der Waals surface area contributed by atoms with E-state index in [-0.39, 0.29) is 43.3 Å². The van der Waals surface area contributed by atoms with Crippen molar-refractivity contribution in [3.8, 4) is 0 Å². The van der Waals surface area contributed by atoms with E-state index in [4.69, 9.17) is 10.2 Å². The summed E-state index contributed by atoms with van der Waals surface area (Å²) in [7, 11) is 0. The molecule has 0 amide bonds. The molecule has 4 nitrogen and oxygen atoms in total. The molecule has 11 heavy (non-hydrogen) atoms. The van der Waals surface area contributed by atoms with Gasteiger partial charge in [-0.3, -0.25) is 4.79 Å². The third-order valence-electron chi connectivity index (χ3n) is 1.17. The summed E-state index contributed by atoms with van der Waals surface area (Å²) in [6.45, 7) is 4.37. The molecule has 0 spiro atoms. The van der Waals surface area contributed by atoms with Gasteiger partial charge in [-0.1, -0.05) is 6.58 Å². The zero-order chi connectivity index (χ0) is 8.31. The van der Waals surface area contributed by atoms with Crippen LogP contribution in [0.25, 0.3) is 0 Å². The van der Waals surface area contributed by atoms with Crippen LogP contribution in [0.15, 0.2) is 12.2 Å². The second kappa shape index (κ2) is 5.57. The van der Waals surface area contributed by atoms with Gasteiger partial charge in [0.2, 0.25) is 0 Å². The fourth-order valence-corrected chi connectivity index (χ4v) is 0.334. The van der Waals surface area contributed by atoms with Crippen LogP contribution in [0.4, 0.5) is 0 Å². The predicted molar refractivity (Wildman–Crippen MR) is 42.1 cm³/mol. The summed E-state index contributed by atoms with van der Waals surface area (Å²) in [5.74, 6) is -3.46. The van der Waals surface area contributed by atoms with Crippen LogP contribution in [-0.2, 0) is 9.59 Å². The van der Waals surface area contributed by atoms with Crippen LogP contribution in [0, 0.1) is 5.92 Å². The SMILES string of the molecule is C=C(C(=O)O)C(C)C(=O)O.[CaH2]. The first-order valence-corrected chi connectivity index (χ1v) is 2.61. The Labute approximate surface area is 93.9 Å². The predicted octanol–water partition coefficient (Wildman–Crippen LogP) is -0.568. The monoisotopic (exact) mass is 186 g/mol. The molecule has 0 bridgehead atoms.